The zero-order valence-corrected chi connectivity index (χ0v) is 6.52. The van der Waals surface area contributed by atoms with E-state index < -0.39 is 30.0 Å². The number of aliphatic hydroxyl groups excluding tert-OH is 1. The Bertz CT molecular complexity index is 307. The lowest BCUT2D eigenvalue weighted by Crippen LogP contribution is -2.15. The number of nitrogens with one attached hydrogen (secondary N) is 1. The standard InChI is InChI=1S/C6H5F5N2O/c7-5(8)3(14)2-1-12-13-4(2)6(9,10)11/h1,3,5,14H,(H,12,13). The Balaban J connectivity index is 3.05. The molecule has 0 aromatic carbocycles. The summed E-state index contributed by atoms with van der Waals surface area (Å²) in [7, 11) is 0. The average Bonchev–Trinajstić information content (AvgIpc) is 2.48. The Morgan fingerprint density at radius 1 is 1.36 bits per heavy atom. The number of aromatic amines is 1. The number of H-pyrrole nitrogens is 1. The molecule has 0 bridgehead atoms. The highest BCUT2D eigenvalue weighted by Crippen LogP contribution is 2.34. The van der Waals surface area contributed by atoms with Crippen molar-refractivity contribution < 1.29 is 27.1 Å². The summed E-state index contributed by atoms with van der Waals surface area (Å²) in [6.07, 6.45) is -10.1. The summed E-state index contributed by atoms with van der Waals surface area (Å²) < 4.78 is 60.0. The minimum Gasteiger partial charge on any atom is -0.382 e. The van der Waals surface area contributed by atoms with Crippen molar-refractivity contribution in [1.82, 2.24) is 10.2 Å². The van der Waals surface area contributed by atoms with Gasteiger partial charge in [-0.1, -0.05) is 0 Å². The van der Waals surface area contributed by atoms with Crippen LogP contribution >= 0.6 is 0 Å². The predicted molar refractivity (Wildman–Crippen MR) is 34.6 cm³/mol. The van der Waals surface area contributed by atoms with Gasteiger partial charge in [-0.2, -0.15) is 18.3 Å². The van der Waals surface area contributed by atoms with Gasteiger partial charge in [0.25, 0.3) is 6.43 Å². The van der Waals surface area contributed by atoms with Crippen LogP contribution in [0.2, 0.25) is 0 Å². The first kappa shape index (κ1) is 10.9. The Kier molecular flexibility index (Phi) is 2.74. The molecule has 80 valence electrons. The number of halogens is 5. The largest absolute Gasteiger partial charge is 0.433 e. The molecule has 1 heterocycles. The molecular formula is C6H5F5N2O. The molecule has 2 N–H and O–H groups in total. The van der Waals surface area contributed by atoms with E-state index in [1.807, 2.05) is 0 Å². The fraction of sp³-hybridized carbons (Fsp3) is 0.500. The molecule has 14 heavy (non-hydrogen) atoms. The highest BCUT2D eigenvalue weighted by atomic mass is 19.4. The molecule has 8 heteroatoms. The summed E-state index contributed by atoms with van der Waals surface area (Å²) in [6, 6.07) is 0. The van der Waals surface area contributed by atoms with Crippen LogP contribution in [0.1, 0.15) is 17.4 Å². The number of rotatable bonds is 2. The first-order chi connectivity index (χ1) is 6.34. The Morgan fingerprint density at radius 3 is 2.36 bits per heavy atom. The molecule has 0 spiro atoms. The molecule has 0 amide bonds. The average molecular weight is 216 g/mol. The number of aliphatic hydroxyl groups is 1. The first-order valence-electron chi connectivity index (χ1n) is 3.40. The van der Waals surface area contributed by atoms with Crippen molar-refractivity contribution in [3.05, 3.63) is 17.5 Å². The van der Waals surface area contributed by atoms with Crippen LogP contribution in [0.15, 0.2) is 6.20 Å². The summed E-state index contributed by atoms with van der Waals surface area (Å²) in [6.45, 7) is 0. The van der Waals surface area contributed by atoms with Crippen LogP contribution in [-0.4, -0.2) is 21.7 Å². The summed E-state index contributed by atoms with van der Waals surface area (Å²) in [5, 5.41) is 13.2. The molecule has 0 aliphatic rings. The van der Waals surface area contributed by atoms with Crippen LogP contribution in [0.25, 0.3) is 0 Å². The number of nitrogens with zero attached hydrogens (tertiary/aromatic N) is 1. The van der Waals surface area contributed by atoms with E-state index in [2.05, 4.69) is 5.10 Å². The van der Waals surface area contributed by atoms with Gasteiger partial charge in [0.05, 0.1) is 6.20 Å². The zero-order valence-electron chi connectivity index (χ0n) is 6.52. The molecular weight excluding hydrogens is 211 g/mol. The molecule has 1 unspecified atom stereocenters. The van der Waals surface area contributed by atoms with E-state index in [0.717, 1.165) is 0 Å². The van der Waals surface area contributed by atoms with Crippen molar-refractivity contribution in [2.75, 3.05) is 0 Å². The van der Waals surface area contributed by atoms with Crippen molar-refractivity contribution in [3.63, 3.8) is 0 Å². The van der Waals surface area contributed by atoms with E-state index in [9.17, 15) is 22.0 Å². The van der Waals surface area contributed by atoms with E-state index in [-0.39, 0.29) is 0 Å². The minimum absolute atomic E-state index is 0.527. The van der Waals surface area contributed by atoms with E-state index >= 15 is 0 Å². The third-order valence-electron chi connectivity index (χ3n) is 1.51. The molecule has 1 rings (SSSR count). The number of hydrogen-bond acceptors (Lipinski definition) is 2. The van der Waals surface area contributed by atoms with Crippen LogP contribution in [0.3, 0.4) is 0 Å². The number of alkyl halides is 5. The maximum atomic E-state index is 12.1. The Labute approximate surface area is 74.5 Å². The normalized spacial score (nSPS) is 14.8. The molecule has 0 fully saturated rings. The maximum absolute atomic E-state index is 12.1. The Morgan fingerprint density at radius 2 is 1.93 bits per heavy atom. The molecule has 0 aliphatic carbocycles. The quantitative estimate of drug-likeness (QED) is 0.739. The van der Waals surface area contributed by atoms with Crippen LogP contribution < -0.4 is 0 Å². The van der Waals surface area contributed by atoms with Gasteiger partial charge in [0.2, 0.25) is 0 Å². The minimum atomic E-state index is -4.83. The molecule has 0 aliphatic heterocycles. The molecule has 1 aromatic heterocycles. The summed E-state index contributed by atoms with van der Waals surface area (Å²) in [5.41, 5.74) is -2.40. The Hall–Kier alpha value is -1.18. The monoisotopic (exact) mass is 216 g/mol. The van der Waals surface area contributed by atoms with E-state index in [1.54, 1.807) is 0 Å². The van der Waals surface area contributed by atoms with Crippen LogP contribution in [-0.2, 0) is 6.18 Å². The lowest BCUT2D eigenvalue weighted by Gasteiger charge is -2.11. The van der Waals surface area contributed by atoms with Crippen LogP contribution in [0.4, 0.5) is 22.0 Å². The SMILES string of the molecule is OC(c1cn[nH]c1C(F)(F)F)C(F)F. The second kappa shape index (κ2) is 3.52. The van der Waals surface area contributed by atoms with E-state index in [0.29, 0.717) is 6.20 Å². The van der Waals surface area contributed by atoms with Gasteiger partial charge in [-0.25, -0.2) is 8.78 Å². The maximum Gasteiger partial charge on any atom is 0.433 e. The van der Waals surface area contributed by atoms with Gasteiger partial charge in [-0.15, -0.1) is 0 Å². The highest BCUT2D eigenvalue weighted by Gasteiger charge is 2.39. The summed E-state index contributed by atoms with van der Waals surface area (Å²) in [5.74, 6) is 0. The van der Waals surface area contributed by atoms with E-state index in [4.69, 9.17) is 5.11 Å². The van der Waals surface area contributed by atoms with Gasteiger partial charge < -0.3 is 5.11 Å². The van der Waals surface area contributed by atoms with Gasteiger partial charge >= 0.3 is 6.18 Å². The zero-order chi connectivity index (χ0) is 10.9. The summed E-state index contributed by atoms with van der Waals surface area (Å²) in [4.78, 5) is 0. The molecule has 0 saturated heterocycles. The molecule has 3 nitrogen and oxygen atoms in total. The fourth-order valence-corrected chi connectivity index (χ4v) is 0.882. The third-order valence-corrected chi connectivity index (χ3v) is 1.51. The number of hydrogen-bond donors (Lipinski definition) is 2. The predicted octanol–water partition coefficient (Wildman–Crippen LogP) is 1.73. The first-order valence-corrected chi connectivity index (χ1v) is 3.40. The smallest absolute Gasteiger partial charge is 0.382 e. The second-order valence-electron chi connectivity index (χ2n) is 2.48. The molecule has 0 radical (unpaired) electrons. The lowest BCUT2D eigenvalue weighted by atomic mass is 10.1. The van der Waals surface area contributed by atoms with Crippen LogP contribution in [0, 0.1) is 0 Å². The topological polar surface area (TPSA) is 48.9 Å². The molecule has 1 aromatic rings. The third kappa shape index (κ3) is 2.00. The van der Waals surface area contributed by atoms with Crippen LogP contribution in [0.5, 0.6) is 0 Å². The van der Waals surface area contributed by atoms with Gasteiger partial charge in [0, 0.05) is 5.56 Å². The molecule has 0 saturated carbocycles. The van der Waals surface area contributed by atoms with Gasteiger partial charge in [-0.3, -0.25) is 5.10 Å². The van der Waals surface area contributed by atoms with Crippen molar-refractivity contribution in [2.45, 2.75) is 18.7 Å². The van der Waals surface area contributed by atoms with E-state index in [1.165, 1.54) is 5.10 Å². The van der Waals surface area contributed by atoms with Gasteiger partial charge in [0.1, 0.15) is 11.8 Å². The van der Waals surface area contributed by atoms with Crippen molar-refractivity contribution in [3.8, 4) is 0 Å². The van der Waals surface area contributed by atoms with Gasteiger partial charge in [0.15, 0.2) is 0 Å². The summed E-state index contributed by atoms with van der Waals surface area (Å²) >= 11 is 0. The van der Waals surface area contributed by atoms with Crippen molar-refractivity contribution >= 4 is 0 Å². The van der Waals surface area contributed by atoms with Gasteiger partial charge in [-0.05, 0) is 0 Å². The van der Waals surface area contributed by atoms with Crippen molar-refractivity contribution in [1.29, 1.82) is 0 Å². The van der Waals surface area contributed by atoms with Crippen molar-refractivity contribution in [2.24, 2.45) is 0 Å². The second-order valence-corrected chi connectivity index (χ2v) is 2.48. The molecule has 1 atom stereocenters. The highest BCUT2D eigenvalue weighted by molar-refractivity contribution is 5.22. The number of aromatic nitrogens is 2. The lowest BCUT2D eigenvalue weighted by molar-refractivity contribution is -0.143. The fourth-order valence-electron chi connectivity index (χ4n) is 0.882.